The van der Waals surface area contributed by atoms with E-state index in [1.165, 1.54) is 17.7 Å². The predicted octanol–water partition coefficient (Wildman–Crippen LogP) is 1.36. The van der Waals surface area contributed by atoms with E-state index in [4.69, 9.17) is 11.1 Å². The van der Waals surface area contributed by atoms with Crippen LogP contribution in [0.5, 0.6) is 0 Å². The molecule has 0 aromatic carbocycles. The number of anilines is 1. The SMILES string of the molecule is CCN(CC(C)C(=N)N)c1ncnc2c1CCC2. The molecule has 3 N–H and O–H groups in total. The molecule has 1 aromatic heterocycles. The molecular formula is C13H21N5. The quantitative estimate of drug-likeness (QED) is 0.608. The Bertz CT molecular complexity index is 443. The van der Waals surface area contributed by atoms with E-state index in [1.54, 1.807) is 6.33 Å². The van der Waals surface area contributed by atoms with Gasteiger partial charge in [-0.05, 0) is 26.2 Å². The fraction of sp³-hybridized carbons (Fsp3) is 0.615. The molecule has 18 heavy (non-hydrogen) atoms. The van der Waals surface area contributed by atoms with Crippen molar-refractivity contribution in [2.24, 2.45) is 11.7 Å². The molecule has 1 unspecified atom stereocenters. The Labute approximate surface area is 108 Å². The van der Waals surface area contributed by atoms with Crippen LogP contribution in [0.15, 0.2) is 6.33 Å². The number of aryl methyl sites for hydroxylation is 1. The third-order valence-electron chi connectivity index (χ3n) is 3.56. The highest BCUT2D eigenvalue weighted by atomic mass is 15.2. The maximum Gasteiger partial charge on any atom is 0.135 e. The Hall–Kier alpha value is -1.65. The van der Waals surface area contributed by atoms with Crippen molar-refractivity contribution in [3.63, 3.8) is 0 Å². The Kier molecular flexibility index (Phi) is 3.79. The Morgan fingerprint density at radius 2 is 2.28 bits per heavy atom. The van der Waals surface area contributed by atoms with Crippen LogP contribution in [-0.2, 0) is 12.8 Å². The van der Waals surface area contributed by atoms with E-state index < -0.39 is 0 Å². The number of aromatic nitrogens is 2. The summed E-state index contributed by atoms with van der Waals surface area (Å²) in [4.78, 5) is 11.0. The molecule has 98 valence electrons. The molecule has 0 spiro atoms. The van der Waals surface area contributed by atoms with Crippen molar-refractivity contribution in [1.82, 2.24) is 9.97 Å². The molecule has 5 heteroatoms. The zero-order valence-corrected chi connectivity index (χ0v) is 11.1. The zero-order valence-electron chi connectivity index (χ0n) is 11.1. The van der Waals surface area contributed by atoms with Crippen LogP contribution in [0.2, 0.25) is 0 Å². The average Bonchev–Trinajstić information content (AvgIpc) is 2.83. The van der Waals surface area contributed by atoms with Gasteiger partial charge in [0.05, 0.1) is 5.84 Å². The molecule has 5 nitrogen and oxygen atoms in total. The van der Waals surface area contributed by atoms with Gasteiger partial charge in [-0.3, -0.25) is 5.41 Å². The first-order chi connectivity index (χ1) is 8.63. The van der Waals surface area contributed by atoms with Crippen LogP contribution in [0.25, 0.3) is 0 Å². The number of rotatable bonds is 5. The van der Waals surface area contributed by atoms with Gasteiger partial charge in [-0.1, -0.05) is 6.92 Å². The normalized spacial score (nSPS) is 15.2. The molecule has 0 saturated carbocycles. The third kappa shape index (κ3) is 2.44. The maximum atomic E-state index is 7.50. The fourth-order valence-corrected chi connectivity index (χ4v) is 2.41. The molecule has 1 aromatic rings. The lowest BCUT2D eigenvalue weighted by molar-refractivity contribution is 0.686. The monoisotopic (exact) mass is 247 g/mol. The van der Waals surface area contributed by atoms with Crippen LogP contribution in [0.4, 0.5) is 5.82 Å². The number of hydrogen-bond donors (Lipinski definition) is 2. The molecule has 1 aliphatic rings. The molecule has 1 aliphatic carbocycles. The van der Waals surface area contributed by atoms with Gasteiger partial charge in [0.1, 0.15) is 12.1 Å². The second-order valence-electron chi connectivity index (χ2n) is 4.87. The Balaban J connectivity index is 2.23. The van der Waals surface area contributed by atoms with E-state index in [-0.39, 0.29) is 11.8 Å². The van der Waals surface area contributed by atoms with Crippen LogP contribution in [0.1, 0.15) is 31.5 Å². The van der Waals surface area contributed by atoms with E-state index in [0.29, 0.717) is 0 Å². The third-order valence-corrected chi connectivity index (χ3v) is 3.56. The standard InChI is InChI=1S/C13H21N5/c1-3-18(7-9(2)12(14)15)13-10-5-4-6-11(10)16-8-17-13/h8-9H,3-7H2,1-2H3,(H3,14,15). The van der Waals surface area contributed by atoms with Crippen LogP contribution in [0, 0.1) is 11.3 Å². The van der Waals surface area contributed by atoms with Crippen LogP contribution >= 0.6 is 0 Å². The van der Waals surface area contributed by atoms with Crippen LogP contribution in [0.3, 0.4) is 0 Å². The maximum absolute atomic E-state index is 7.50. The van der Waals surface area contributed by atoms with Crippen molar-refractivity contribution < 1.29 is 0 Å². The van der Waals surface area contributed by atoms with E-state index in [1.807, 2.05) is 6.92 Å². The van der Waals surface area contributed by atoms with Gasteiger partial charge in [0.2, 0.25) is 0 Å². The molecular weight excluding hydrogens is 226 g/mol. The predicted molar refractivity (Wildman–Crippen MR) is 73.0 cm³/mol. The van der Waals surface area contributed by atoms with Crippen LogP contribution < -0.4 is 10.6 Å². The highest BCUT2D eigenvalue weighted by molar-refractivity contribution is 5.79. The van der Waals surface area contributed by atoms with E-state index in [9.17, 15) is 0 Å². The van der Waals surface area contributed by atoms with Crippen molar-refractivity contribution in [3.8, 4) is 0 Å². The number of nitrogens with two attached hydrogens (primary N) is 1. The fourth-order valence-electron chi connectivity index (χ4n) is 2.41. The van der Waals surface area contributed by atoms with E-state index in [0.717, 1.165) is 31.7 Å². The van der Waals surface area contributed by atoms with Crippen LogP contribution in [-0.4, -0.2) is 28.9 Å². The summed E-state index contributed by atoms with van der Waals surface area (Å²) in [6.07, 6.45) is 4.95. The Morgan fingerprint density at radius 1 is 1.50 bits per heavy atom. The summed E-state index contributed by atoms with van der Waals surface area (Å²) in [6.45, 7) is 5.71. The number of fused-ring (bicyclic) bond motifs is 1. The van der Waals surface area contributed by atoms with Crippen molar-refractivity contribution in [2.75, 3.05) is 18.0 Å². The van der Waals surface area contributed by atoms with Gasteiger partial charge in [-0.25, -0.2) is 9.97 Å². The molecule has 1 heterocycles. The number of nitrogens with zero attached hydrogens (tertiary/aromatic N) is 3. The van der Waals surface area contributed by atoms with Gasteiger partial charge in [0.15, 0.2) is 0 Å². The molecule has 0 amide bonds. The molecule has 2 rings (SSSR count). The van der Waals surface area contributed by atoms with E-state index in [2.05, 4.69) is 21.8 Å². The minimum Gasteiger partial charge on any atom is -0.387 e. The minimum absolute atomic E-state index is 0.0527. The zero-order chi connectivity index (χ0) is 13.1. The largest absolute Gasteiger partial charge is 0.387 e. The summed E-state index contributed by atoms with van der Waals surface area (Å²) in [7, 11) is 0. The van der Waals surface area contributed by atoms with Gasteiger partial charge in [0, 0.05) is 30.3 Å². The van der Waals surface area contributed by atoms with Gasteiger partial charge >= 0.3 is 0 Å². The first kappa shape index (κ1) is 12.8. The lowest BCUT2D eigenvalue weighted by atomic mass is 10.1. The minimum atomic E-state index is 0.0527. The topological polar surface area (TPSA) is 78.9 Å². The summed E-state index contributed by atoms with van der Waals surface area (Å²) in [5.41, 5.74) is 8.03. The van der Waals surface area contributed by atoms with Gasteiger partial charge in [-0.15, -0.1) is 0 Å². The molecule has 1 atom stereocenters. The number of hydrogen-bond acceptors (Lipinski definition) is 4. The summed E-state index contributed by atoms with van der Waals surface area (Å²) in [5.74, 6) is 1.32. The number of nitrogens with one attached hydrogen (secondary N) is 1. The summed E-state index contributed by atoms with van der Waals surface area (Å²) >= 11 is 0. The lowest BCUT2D eigenvalue weighted by Gasteiger charge is -2.26. The lowest BCUT2D eigenvalue weighted by Crippen LogP contribution is -2.35. The molecule has 0 bridgehead atoms. The molecule has 0 fully saturated rings. The highest BCUT2D eigenvalue weighted by Gasteiger charge is 2.21. The Morgan fingerprint density at radius 3 is 2.94 bits per heavy atom. The average molecular weight is 247 g/mol. The van der Waals surface area contributed by atoms with E-state index >= 15 is 0 Å². The number of amidine groups is 1. The van der Waals surface area contributed by atoms with Crippen molar-refractivity contribution in [1.29, 1.82) is 5.41 Å². The van der Waals surface area contributed by atoms with Crippen molar-refractivity contribution in [2.45, 2.75) is 33.1 Å². The summed E-state index contributed by atoms with van der Waals surface area (Å²) in [6, 6.07) is 0. The molecule has 0 saturated heterocycles. The van der Waals surface area contributed by atoms with Gasteiger partial charge < -0.3 is 10.6 Å². The van der Waals surface area contributed by atoms with Crippen molar-refractivity contribution in [3.05, 3.63) is 17.6 Å². The van der Waals surface area contributed by atoms with Crippen molar-refractivity contribution >= 4 is 11.7 Å². The second-order valence-corrected chi connectivity index (χ2v) is 4.87. The summed E-state index contributed by atoms with van der Waals surface area (Å²) < 4.78 is 0. The smallest absolute Gasteiger partial charge is 0.135 e. The molecule has 0 radical (unpaired) electrons. The summed E-state index contributed by atoms with van der Waals surface area (Å²) in [5, 5.41) is 7.50. The van der Waals surface area contributed by atoms with Gasteiger partial charge in [0.25, 0.3) is 0 Å². The molecule has 0 aliphatic heterocycles. The highest BCUT2D eigenvalue weighted by Crippen LogP contribution is 2.28. The second kappa shape index (κ2) is 5.33. The first-order valence-corrected chi connectivity index (χ1v) is 6.55. The first-order valence-electron chi connectivity index (χ1n) is 6.55. The van der Waals surface area contributed by atoms with Gasteiger partial charge in [-0.2, -0.15) is 0 Å².